The minimum atomic E-state index is -1.15. The second-order valence-corrected chi connectivity index (χ2v) is 9.30. The summed E-state index contributed by atoms with van der Waals surface area (Å²) in [5, 5.41) is 12.3. The van der Waals surface area contributed by atoms with E-state index in [1.54, 1.807) is 14.2 Å². The van der Waals surface area contributed by atoms with Crippen LogP contribution >= 0.6 is 0 Å². The molecular weight excluding hydrogens is 494 g/mol. The Labute approximate surface area is 227 Å². The van der Waals surface area contributed by atoms with E-state index in [0.29, 0.717) is 11.5 Å². The van der Waals surface area contributed by atoms with E-state index in [1.165, 1.54) is 0 Å². The molecule has 1 atom stereocenters. The molecule has 0 aromatic heterocycles. The van der Waals surface area contributed by atoms with E-state index >= 15 is 0 Å². The Morgan fingerprint density at radius 1 is 0.795 bits per heavy atom. The summed E-state index contributed by atoms with van der Waals surface area (Å²) in [5.74, 6) is 0.0924. The van der Waals surface area contributed by atoms with Crippen LogP contribution in [0.3, 0.4) is 0 Å². The molecule has 0 saturated heterocycles. The van der Waals surface area contributed by atoms with Gasteiger partial charge in [-0.1, -0.05) is 78.9 Å². The molecule has 0 fully saturated rings. The molecule has 0 radical (unpaired) electrons. The van der Waals surface area contributed by atoms with Crippen LogP contribution in [0, 0.1) is 0 Å². The van der Waals surface area contributed by atoms with E-state index in [1.807, 2.05) is 78.9 Å². The van der Waals surface area contributed by atoms with Crippen molar-refractivity contribution in [2.24, 2.45) is 0 Å². The number of carbonyl (C=O) groups excluding carboxylic acids is 1. The Kier molecular flexibility index (Phi) is 7.50. The van der Waals surface area contributed by atoms with Gasteiger partial charge in [-0.2, -0.15) is 0 Å². The van der Waals surface area contributed by atoms with Crippen LogP contribution in [0.2, 0.25) is 0 Å². The molecule has 4 aromatic carbocycles. The molecule has 1 aliphatic rings. The summed E-state index contributed by atoms with van der Waals surface area (Å²) < 4.78 is 16.5. The third-order valence-electron chi connectivity index (χ3n) is 7.04. The maximum absolute atomic E-state index is 12.7. The lowest BCUT2D eigenvalue weighted by Gasteiger charge is -2.18. The van der Waals surface area contributed by atoms with Gasteiger partial charge in [-0.15, -0.1) is 0 Å². The quantitative estimate of drug-likeness (QED) is 0.284. The summed E-state index contributed by atoms with van der Waals surface area (Å²) in [4.78, 5) is 24.7. The van der Waals surface area contributed by atoms with E-state index in [0.717, 1.165) is 38.9 Å². The van der Waals surface area contributed by atoms with Crippen molar-refractivity contribution in [3.05, 3.63) is 108 Å². The number of amides is 1. The zero-order valence-electron chi connectivity index (χ0n) is 21.7. The molecule has 198 valence electrons. The summed E-state index contributed by atoms with van der Waals surface area (Å²) >= 11 is 0. The Hall–Kier alpha value is -4.78. The number of carboxylic acid groups (broad SMARTS) is 1. The Morgan fingerprint density at radius 2 is 1.36 bits per heavy atom. The third-order valence-corrected chi connectivity index (χ3v) is 7.04. The highest BCUT2D eigenvalue weighted by atomic mass is 16.5. The Balaban J connectivity index is 1.25. The number of alkyl carbamates (subject to hydrolysis) is 1. The van der Waals surface area contributed by atoms with Gasteiger partial charge in [0.2, 0.25) is 0 Å². The van der Waals surface area contributed by atoms with Crippen molar-refractivity contribution in [3.63, 3.8) is 0 Å². The minimum Gasteiger partial charge on any atom is -0.496 e. The fraction of sp³-hybridized carbons (Fsp3) is 0.188. The molecule has 0 aliphatic heterocycles. The van der Waals surface area contributed by atoms with Crippen LogP contribution in [-0.4, -0.2) is 44.0 Å². The number of carbonyl (C=O) groups is 2. The summed E-state index contributed by atoms with van der Waals surface area (Å²) in [5.41, 5.74) is 6.85. The van der Waals surface area contributed by atoms with E-state index in [9.17, 15) is 14.7 Å². The minimum absolute atomic E-state index is 0.100. The highest BCUT2D eigenvalue weighted by molar-refractivity contribution is 5.81. The maximum Gasteiger partial charge on any atom is 0.407 e. The monoisotopic (exact) mass is 523 g/mol. The molecule has 7 nitrogen and oxygen atoms in total. The first kappa shape index (κ1) is 25.9. The van der Waals surface area contributed by atoms with Crippen molar-refractivity contribution in [1.82, 2.24) is 5.32 Å². The molecule has 0 saturated carbocycles. The number of rotatable bonds is 9. The number of hydrogen-bond donors (Lipinski definition) is 2. The summed E-state index contributed by atoms with van der Waals surface area (Å²) in [6.07, 6.45) is -0.664. The number of ether oxygens (including phenoxy) is 3. The fourth-order valence-electron chi connectivity index (χ4n) is 5.16. The summed E-state index contributed by atoms with van der Waals surface area (Å²) in [6, 6.07) is 27.9. The van der Waals surface area contributed by atoms with Gasteiger partial charge in [-0.05, 0) is 45.5 Å². The smallest absolute Gasteiger partial charge is 0.407 e. The lowest BCUT2D eigenvalue weighted by atomic mass is 9.98. The van der Waals surface area contributed by atoms with Gasteiger partial charge in [0.05, 0.1) is 19.8 Å². The standard InChI is InChI=1S/C32H29NO6/c1-37-28-12-7-13-29(38-2)30(28)21-16-14-20(15-17-21)18-27(31(34)35)33-32(36)39-19-26-24-10-5-3-8-22(24)23-9-4-6-11-25(23)26/h3-17,26-27H,18-19H2,1-2H3,(H,33,36)(H,34,35)/t27-/m0/s1. The number of hydrogen-bond acceptors (Lipinski definition) is 5. The molecular formula is C32H29NO6. The van der Waals surface area contributed by atoms with Gasteiger partial charge in [-0.25, -0.2) is 9.59 Å². The fourth-order valence-corrected chi connectivity index (χ4v) is 5.16. The predicted molar refractivity (Wildman–Crippen MR) is 148 cm³/mol. The number of nitrogens with one attached hydrogen (secondary N) is 1. The van der Waals surface area contributed by atoms with Crippen molar-refractivity contribution in [2.45, 2.75) is 18.4 Å². The van der Waals surface area contributed by atoms with Crippen LogP contribution in [0.15, 0.2) is 91.0 Å². The summed E-state index contributed by atoms with van der Waals surface area (Å²) in [7, 11) is 3.19. The second kappa shape index (κ2) is 11.3. The zero-order valence-corrected chi connectivity index (χ0v) is 21.7. The van der Waals surface area contributed by atoms with Gasteiger partial charge in [0.1, 0.15) is 24.1 Å². The molecule has 39 heavy (non-hydrogen) atoms. The van der Waals surface area contributed by atoms with Crippen LogP contribution in [0.5, 0.6) is 11.5 Å². The molecule has 1 aliphatic carbocycles. The van der Waals surface area contributed by atoms with Gasteiger partial charge in [0.15, 0.2) is 0 Å². The maximum atomic E-state index is 12.7. The van der Waals surface area contributed by atoms with Gasteiger partial charge >= 0.3 is 12.1 Å². The molecule has 4 aromatic rings. The van der Waals surface area contributed by atoms with Gasteiger partial charge in [-0.3, -0.25) is 0 Å². The van der Waals surface area contributed by atoms with Crippen LogP contribution in [0.1, 0.15) is 22.6 Å². The molecule has 7 heteroatoms. The molecule has 5 rings (SSSR count). The van der Waals surface area contributed by atoms with E-state index < -0.39 is 18.1 Å². The van der Waals surface area contributed by atoms with Crippen molar-refractivity contribution < 1.29 is 28.9 Å². The largest absolute Gasteiger partial charge is 0.496 e. The number of aliphatic carboxylic acids is 1. The van der Waals surface area contributed by atoms with Crippen molar-refractivity contribution >= 4 is 12.1 Å². The van der Waals surface area contributed by atoms with E-state index in [2.05, 4.69) is 17.4 Å². The molecule has 2 N–H and O–H groups in total. The number of fused-ring (bicyclic) bond motifs is 3. The molecule has 0 spiro atoms. The van der Waals surface area contributed by atoms with Crippen molar-refractivity contribution in [1.29, 1.82) is 0 Å². The van der Waals surface area contributed by atoms with Gasteiger partial charge in [0, 0.05) is 12.3 Å². The number of benzene rings is 4. The molecule has 0 unspecified atom stereocenters. The average Bonchev–Trinajstić information content (AvgIpc) is 3.29. The van der Waals surface area contributed by atoms with Crippen LogP contribution in [0.25, 0.3) is 22.3 Å². The Bertz CT molecular complexity index is 1430. The van der Waals surface area contributed by atoms with Gasteiger partial charge in [0.25, 0.3) is 0 Å². The molecule has 0 bridgehead atoms. The first-order valence-electron chi connectivity index (χ1n) is 12.6. The number of carboxylic acids is 1. The zero-order chi connectivity index (χ0) is 27.4. The van der Waals surface area contributed by atoms with E-state index in [-0.39, 0.29) is 18.9 Å². The first-order chi connectivity index (χ1) is 19.0. The normalized spacial score (nSPS) is 12.7. The average molecular weight is 524 g/mol. The van der Waals surface area contributed by atoms with Crippen molar-refractivity contribution in [3.8, 4) is 33.8 Å². The lowest BCUT2D eigenvalue weighted by Crippen LogP contribution is -2.42. The third kappa shape index (κ3) is 5.29. The van der Waals surface area contributed by atoms with Crippen LogP contribution < -0.4 is 14.8 Å². The second-order valence-electron chi connectivity index (χ2n) is 9.30. The SMILES string of the molecule is COc1cccc(OC)c1-c1ccc(C[C@H](NC(=O)OCC2c3ccccc3-c3ccccc32)C(=O)O)cc1. The predicted octanol–water partition coefficient (Wildman–Crippen LogP) is 5.91. The number of methoxy groups -OCH3 is 2. The molecule has 0 heterocycles. The van der Waals surface area contributed by atoms with Crippen molar-refractivity contribution in [2.75, 3.05) is 20.8 Å². The highest BCUT2D eigenvalue weighted by Gasteiger charge is 2.30. The lowest BCUT2D eigenvalue weighted by molar-refractivity contribution is -0.139. The van der Waals surface area contributed by atoms with Gasteiger partial charge < -0.3 is 24.6 Å². The topological polar surface area (TPSA) is 94.1 Å². The first-order valence-corrected chi connectivity index (χ1v) is 12.6. The summed E-state index contributed by atoms with van der Waals surface area (Å²) in [6.45, 7) is 0.113. The van der Waals surface area contributed by atoms with E-state index in [4.69, 9.17) is 14.2 Å². The Morgan fingerprint density at radius 3 is 1.90 bits per heavy atom. The molecule has 1 amide bonds. The highest BCUT2D eigenvalue weighted by Crippen LogP contribution is 2.44. The van der Waals surface area contributed by atoms with Crippen LogP contribution in [-0.2, 0) is 16.0 Å². The van der Waals surface area contributed by atoms with Crippen LogP contribution in [0.4, 0.5) is 4.79 Å².